The molecule has 1 aliphatic rings. The smallest absolute Gasteiger partial charge is 0.179 e. The fourth-order valence-electron chi connectivity index (χ4n) is 5.55. The topological polar surface area (TPSA) is 254 Å². The summed E-state index contributed by atoms with van der Waals surface area (Å²) >= 11 is 29.2. The number of hydrogen-bond donors (Lipinski definition) is 6. The molecule has 0 atom stereocenters. The molecule has 19 heteroatoms. The number of ketones is 5. The van der Waals surface area contributed by atoms with E-state index >= 15 is 0 Å². The van der Waals surface area contributed by atoms with Gasteiger partial charge in [-0.1, -0.05) is 42.5 Å². The molecule has 11 N–H and O–H groups in total. The van der Waals surface area contributed by atoms with E-state index in [4.69, 9.17) is 101 Å². The van der Waals surface area contributed by atoms with Crippen LogP contribution >= 0.6 is 80.6 Å². The average Bonchev–Trinajstić information content (AvgIpc) is 3.32. The van der Waals surface area contributed by atoms with E-state index in [0.29, 0.717) is 75.4 Å². The fraction of sp³-hybridized carbons (Fsp3) is 0.152. The first-order valence-corrected chi connectivity index (χ1v) is 22.7. The first-order chi connectivity index (χ1) is 31.0. The van der Waals surface area contributed by atoms with Gasteiger partial charge < -0.3 is 43.2 Å². The summed E-state index contributed by atoms with van der Waals surface area (Å²) in [5, 5.41) is 11.0. The third-order valence-corrected chi connectivity index (χ3v) is 10.7. The molecule has 1 aliphatic heterocycles. The summed E-state index contributed by atoms with van der Waals surface area (Å²) in [5.74, 6) is -0.0847. The largest absolute Gasteiger partial charge is 0.508 e. The molecule has 0 aromatic heterocycles. The van der Waals surface area contributed by atoms with E-state index in [9.17, 15) is 24.0 Å². The predicted octanol–water partition coefficient (Wildman–Crippen LogP) is 9.69. The number of ether oxygens (including phenoxy) is 2. The van der Waals surface area contributed by atoms with Gasteiger partial charge in [0.1, 0.15) is 19.0 Å². The van der Waals surface area contributed by atoms with Crippen LogP contribution in [0.1, 0.15) is 51.8 Å². The van der Waals surface area contributed by atoms with E-state index in [1.807, 2.05) is 36.4 Å². The third-order valence-electron chi connectivity index (χ3n) is 8.81. The van der Waals surface area contributed by atoms with Gasteiger partial charge in [0, 0.05) is 65.6 Å². The number of nitrogen functional groups attached to an aromatic ring is 5. The van der Waals surface area contributed by atoms with Crippen molar-refractivity contribution in [2.45, 2.75) is 0 Å². The van der Waals surface area contributed by atoms with Crippen LogP contribution in [0.5, 0.6) is 17.2 Å². The molecule has 0 saturated heterocycles. The number of phenolic OH excluding ortho intramolecular Hbond substituents is 1. The summed E-state index contributed by atoms with van der Waals surface area (Å²) in [4.78, 5) is 56.1. The quantitative estimate of drug-likeness (QED) is 0.0246. The number of halogens is 6. The van der Waals surface area contributed by atoms with Gasteiger partial charge in [0.05, 0.1) is 35.1 Å². The van der Waals surface area contributed by atoms with Crippen molar-refractivity contribution in [2.75, 3.05) is 71.3 Å². The van der Waals surface area contributed by atoms with Gasteiger partial charge in [-0.2, -0.15) is 0 Å². The number of Topliss-reactive ketones (excluding diaryl/α,β-unsaturated/α-hetero) is 5. The first-order valence-electron chi connectivity index (χ1n) is 18.9. The SMILES string of the molecule is Nc1c(C(=O)CCl)ccc2ccccc12.Nc1cc2c(cc1C(=O)CCl)OCCO2.Nc1ccc(I)cc1C(=O)CCl.Nc1ccc(O)cc1C(=O)CCl.Nc1ccccc1C(=O)CCl. The highest BCUT2D eigenvalue weighted by Gasteiger charge is 2.18. The molecule has 0 saturated carbocycles. The van der Waals surface area contributed by atoms with Gasteiger partial charge in [-0.15, -0.1) is 58.0 Å². The monoisotopic (exact) mass is 1100 g/mol. The van der Waals surface area contributed by atoms with E-state index in [-0.39, 0.29) is 69.6 Å². The summed E-state index contributed by atoms with van der Waals surface area (Å²) in [5.41, 5.74) is 32.5. The number of nitrogens with two attached hydrogens (primary N) is 5. The van der Waals surface area contributed by atoms with Gasteiger partial charge in [0.15, 0.2) is 40.4 Å². The molecule has 7 rings (SSSR count). The zero-order valence-corrected chi connectivity index (χ0v) is 40.2. The summed E-state index contributed by atoms with van der Waals surface area (Å²) in [6.07, 6.45) is 0. The number of carbonyl (C=O) groups excluding carboxylic acids is 5. The second-order valence-electron chi connectivity index (χ2n) is 13.2. The number of phenols is 1. The van der Waals surface area contributed by atoms with Crippen molar-refractivity contribution >= 4 is 149 Å². The van der Waals surface area contributed by atoms with Gasteiger partial charge in [0.25, 0.3) is 0 Å². The fourth-order valence-corrected chi connectivity index (χ4v) is 6.76. The lowest BCUT2D eigenvalue weighted by atomic mass is 10.0. The van der Waals surface area contributed by atoms with Crippen LogP contribution in [0.4, 0.5) is 28.4 Å². The highest BCUT2D eigenvalue weighted by Crippen LogP contribution is 2.34. The minimum Gasteiger partial charge on any atom is -0.508 e. The lowest BCUT2D eigenvalue weighted by Gasteiger charge is -2.19. The Morgan fingerprint density at radius 2 is 0.923 bits per heavy atom. The van der Waals surface area contributed by atoms with E-state index in [1.165, 1.54) is 18.2 Å². The van der Waals surface area contributed by atoms with Crippen molar-refractivity contribution in [3.8, 4) is 17.2 Å². The second-order valence-corrected chi connectivity index (χ2v) is 15.8. The molecule has 0 unspecified atom stereocenters. The van der Waals surface area contributed by atoms with E-state index in [0.717, 1.165) is 14.3 Å². The third kappa shape index (κ3) is 15.9. The van der Waals surface area contributed by atoms with Gasteiger partial charge in [0.2, 0.25) is 0 Å². The Kier molecular flexibility index (Phi) is 22.4. The standard InChI is InChI=1S/C12H10ClNO.C10H10ClNO3.C8H7ClINO.C8H8ClNO2.C8H8ClNO/c13-7-11(15)10-6-5-8-3-1-2-4-9(8)12(10)14;11-5-8(13)6-3-9-10(4-7(6)12)15-2-1-14-9;9-4-8(12)6-3-5(10)1-2-7(6)11;9-4-8(12)6-3-5(11)1-2-7(6)10;9-5-8(11)6-3-1-2-4-7(6)10/h1-6H,7,14H2;3-4H,1-2,5,12H2;1-3H,4,11H2;1-3,11H,4,10H2;1-4H,5,10H2. The molecule has 342 valence electrons. The van der Waals surface area contributed by atoms with Crippen molar-refractivity contribution in [3.63, 3.8) is 0 Å². The van der Waals surface area contributed by atoms with E-state index in [2.05, 4.69) is 22.6 Å². The Labute approximate surface area is 413 Å². The Hall–Kier alpha value is -5.49. The molecule has 0 radical (unpaired) electrons. The number of anilines is 5. The highest BCUT2D eigenvalue weighted by molar-refractivity contribution is 14.1. The van der Waals surface area contributed by atoms with Crippen molar-refractivity contribution < 1.29 is 38.6 Å². The van der Waals surface area contributed by atoms with Crippen LogP contribution in [0.25, 0.3) is 10.8 Å². The highest BCUT2D eigenvalue weighted by atomic mass is 127. The number of aromatic hydroxyl groups is 1. The molecule has 1 heterocycles. The number of carbonyl (C=O) groups is 5. The minimum atomic E-state index is -0.287. The van der Waals surface area contributed by atoms with Crippen LogP contribution in [-0.2, 0) is 0 Å². The Bertz CT molecular complexity index is 2590. The van der Waals surface area contributed by atoms with Crippen LogP contribution in [-0.4, -0.2) is 76.6 Å². The number of rotatable bonds is 10. The van der Waals surface area contributed by atoms with Crippen LogP contribution in [0.15, 0.2) is 109 Å². The Balaban J connectivity index is 0.000000217. The van der Waals surface area contributed by atoms with Crippen molar-refractivity contribution in [1.29, 1.82) is 0 Å². The number of alkyl halides is 5. The minimum absolute atomic E-state index is 0.0117. The van der Waals surface area contributed by atoms with Gasteiger partial charge in [-0.25, -0.2) is 0 Å². The molecule has 13 nitrogen and oxygen atoms in total. The number of hydrogen-bond acceptors (Lipinski definition) is 13. The van der Waals surface area contributed by atoms with Gasteiger partial charge in [-0.05, 0) is 88.6 Å². The maximum Gasteiger partial charge on any atom is 0.179 e. The number of benzene rings is 6. The summed E-state index contributed by atoms with van der Waals surface area (Å²) in [6.45, 7) is 0.973. The zero-order valence-electron chi connectivity index (χ0n) is 34.3. The summed E-state index contributed by atoms with van der Waals surface area (Å²) in [6, 6.07) is 30.8. The van der Waals surface area contributed by atoms with Crippen molar-refractivity contribution in [2.24, 2.45) is 0 Å². The van der Waals surface area contributed by atoms with Crippen LogP contribution < -0.4 is 38.1 Å². The average molecular weight is 1100 g/mol. The maximum absolute atomic E-state index is 11.5. The molecule has 6 aromatic rings. The summed E-state index contributed by atoms with van der Waals surface area (Å²) in [7, 11) is 0. The Morgan fingerprint density at radius 3 is 1.49 bits per heavy atom. The maximum atomic E-state index is 11.5. The molecule has 65 heavy (non-hydrogen) atoms. The van der Waals surface area contributed by atoms with Gasteiger partial charge >= 0.3 is 0 Å². The predicted molar refractivity (Wildman–Crippen MR) is 272 cm³/mol. The molecular formula is C46H43Cl5IN5O8. The molecule has 6 aromatic carbocycles. The van der Waals surface area contributed by atoms with Crippen molar-refractivity contribution in [1.82, 2.24) is 0 Å². The molecular weight excluding hydrogens is 1050 g/mol. The second kappa shape index (κ2) is 27.1. The van der Waals surface area contributed by atoms with Crippen LogP contribution in [0.2, 0.25) is 0 Å². The molecule has 0 amide bonds. The molecule has 0 fully saturated rings. The molecule has 0 bridgehead atoms. The van der Waals surface area contributed by atoms with Crippen LogP contribution in [0, 0.1) is 3.57 Å². The normalized spacial score (nSPS) is 10.8. The van der Waals surface area contributed by atoms with E-state index in [1.54, 1.807) is 54.6 Å². The first kappa shape index (κ1) is 53.8. The van der Waals surface area contributed by atoms with Crippen molar-refractivity contribution in [3.05, 3.63) is 141 Å². The number of para-hydroxylation sites is 1. The zero-order chi connectivity index (χ0) is 48.2. The number of fused-ring (bicyclic) bond motifs is 2. The molecule has 0 aliphatic carbocycles. The molecule has 0 spiro atoms. The van der Waals surface area contributed by atoms with Gasteiger partial charge in [-0.3, -0.25) is 24.0 Å². The lowest BCUT2D eigenvalue weighted by Crippen LogP contribution is -2.16. The van der Waals surface area contributed by atoms with Crippen LogP contribution in [0.3, 0.4) is 0 Å². The lowest BCUT2D eigenvalue weighted by molar-refractivity contribution is 0.101. The summed E-state index contributed by atoms with van der Waals surface area (Å²) < 4.78 is 11.6. The Morgan fingerprint density at radius 1 is 0.477 bits per heavy atom. The van der Waals surface area contributed by atoms with E-state index < -0.39 is 0 Å².